The van der Waals surface area contributed by atoms with Crippen molar-refractivity contribution in [1.29, 1.82) is 0 Å². The fourth-order valence-electron chi connectivity index (χ4n) is 2.20. The van der Waals surface area contributed by atoms with Crippen LogP contribution in [0.3, 0.4) is 0 Å². The van der Waals surface area contributed by atoms with Crippen LogP contribution in [0.2, 0.25) is 0 Å². The van der Waals surface area contributed by atoms with Gasteiger partial charge in [0.15, 0.2) is 0 Å². The molecule has 0 aliphatic carbocycles. The predicted octanol–water partition coefficient (Wildman–Crippen LogP) is 0.739. The molecule has 0 aromatic rings. The van der Waals surface area contributed by atoms with E-state index in [-0.39, 0.29) is 5.75 Å². The standard InChI is InChI=1S/C12H26N2O2S/c1-10(2)12-9-14(7-8-17(4,15)16)11(3)5-6-13-12/h10-13H,5-9H2,1-4H3. The van der Waals surface area contributed by atoms with Crippen molar-refractivity contribution in [3.63, 3.8) is 0 Å². The Hall–Kier alpha value is -0.130. The molecular formula is C12H26N2O2S. The van der Waals surface area contributed by atoms with Crippen LogP contribution in [-0.4, -0.2) is 57.0 Å². The molecule has 1 heterocycles. The maximum absolute atomic E-state index is 11.2. The van der Waals surface area contributed by atoms with Crippen LogP contribution in [0.15, 0.2) is 0 Å². The zero-order valence-electron chi connectivity index (χ0n) is 11.4. The molecule has 1 aliphatic heterocycles. The second kappa shape index (κ2) is 6.16. The average Bonchev–Trinajstić information content (AvgIpc) is 2.36. The van der Waals surface area contributed by atoms with E-state index >= 15 is 0 Å². The molecule has 0 saturated carbocycles. The molecule has 1 saturated heterocycles. The monoisotopic (exact) mass is 262 g/mol. The van der Waals surface area contributed by atoms with Crippen LogP contribution in [-0.2, 0) is 9.84 Å². The minimum Gasteiger partial charge on any atom is -0.312 e. The minimum absolute atomic E-state index is 0.266. The van der Waals surface area contributed by atoms with Crippen molar-refractivity contribution in [2.75, 3.05) is 31.6 Å². The summed E-state index contributed by atoms with van der Waals surface area (Å²) >= 11 is 0. The number of sulfone groups is 1. The average molecular weight is 262 g/mol. The molecule has 5 heteroatoms. The van der Waals surface area contributed by atoms with Crippen LogP contribution in [0.4, 0.5) is 0 Å². The van der Waals surface area contributed by atoms with Gasteiger partial charge in [0.05, 0.1) is 5.75 Å². The highest BCUT2D eigenvalue weighted by atomic mass is 32.2. The summed E-state index contributed by atoms with van der Waals surface area (Å²) in [7, 11) is -2.86. The Kier molecular flexibility index (Phi) is 5.41. The molecule has 102 valence electrons. The van der Waals surface area contributed by atoms with Gasteiger partial charge >= 0.3 is 0 Å². The molecule has 0 radical (unpaired) electrons. The maximum atomic E-state index is 11.2. The number of hydrogen-bond donors (Lipinski definition) is 1. The lowest BCUT2D eigenvalue weighted by molar-refractivity contribution is 0.203. The first kappa shape index (κ1) is 14.9. The zero-order valence-corrected chi connectivity index (χ0v) is 12.3. The van der Waals surface area contributed by atoms with E-state index in [9.17, 15) is 8.42 Å². The summed E-state index contributed by atoms with van der Waals surface area (Å²) in [5, 5.41) is 3.55. The van der Waals surface area contributed by atoms with Crippen molar-refractivity contribution >= 4 is 9.84 Å². The van der Waals surface area contributed by atoms with Crippen molar-refractivity contribution in [3.05, 3.63) is 0 Å². The van der Waals surface area contributed by atoms with E-state index in [4.69, 9.17) is 0 Å². The van der Waals surface area contributed by atoms with Gasteiger partial charge in [0, 0.05) is 31.4 Å². The smallest absolute Gasteiger partial charge is 0.148 e. The Bertz CT molecular complexity index is 327. The molecule has 0 aromatic heterocycles. The van der Waals surface area contributed by atoms with E-state index in [2.05, 4.69) is 31.0 Å². The van der Waals surface area contributed by atoms with Gasteiger partial charge in [-0.15, -0.1) is 0 Å². The van der Waals surface area contributed by atoms with Crippen molar-refractivity contribution < 1.29 is 8.42 Å². The van der Waals surface area contributed by atoms with Crippen LogP contribution in [0.5, 0.6) is 0 Å². The normalized spacial score (nSPS) is 28.3. The van der Waals surface area contributed by atoms with Crippen LogP contribution >= 0.6 is 0 Å². The predicted molar refractivity (Wildman–Crippen MR) is 72.0 cm³/mol. The number of hydrogen-bond acceptors (Lipinski definition) is 4. The van der Waals surface area contributed by atoms with Crippen molar-refractivity contribution in [2.24, 2.45) is 5.92 Å². The van der Waals surface area contributed by atoms with Crippen LogP contribution in [0.25, 0.3) is 0 Å². The largest absolute Gasteiger partial charge is 0.312 e. The summed E-state index contributed by atoms with van der Waals surface area (Å²) in [5.74, 6) is 0.850. The Morgan fingerprint density at radius 3 is 2.59 bits per heavy atom. The fourth-order valence-corrected chi connectivity index (χ4v) is 2.76. The van der Waals surface area contributed by atoms with Gasteiger partial charge in [-0.3, -0.25) is 4.90 Å². The van der Waals surface area contributed by atoms with Gasteiger partial charge in [-0.1, -0.05) is 13.8 Å². The molecular weight excluding hydrogens is 236 g/mol. The molecule has 2 atom stereocenters. The summed E-state index contributed by atoms with van der Waals surface area (Å²) in [4.78, 5) is 2.31. The number of rotatable bonds is 4. The highest BCUT2D eigenvalue weighted by Crippen LogP contribution is 2.13. The Balaban J connectivity index is 2.59. The molecule has 2 unspecified atom stereocenters. The lowest BCUT2D eigenvalue weighted by Gasteiger charge is -2.30. The molecule has 1 N–H and O–H groups in total. The zero-order chi connectivity index (χ0) is 13.1. The Labute approximate surface area is 106 Å². The van der Waals surface area contributed by atoms with Crippen molar-refractivity contribution in [2.45, 2.75) is 39.3 Å². The van der Waals surface area contributed by atoms with E-state index in [0.717, 1.165) is 19.5 Å². The first-order valence-electron chi connectivity index (χ1n) is 6.45. The molecule has 17 heavy (non-hydrogen) atoms. The molecule has 1 aliphatic rings. The third kappa shape index (κ3) is 5.36. The van der Waals surface area contributed by atoms with Gasteiger partial charge in [0.1, 0.15) is 9.84 Å². The summed E-state index contributed by atoms with van der Waals surface area (Å²) in [6.45, 7) is 9.25. The van der Waals surface area contributed by atoms with Crippen LogP contribution < -0.4 is 5.32 Å². The first-order chi connectivity index (χ1) is 7.79. The van der Waals surface area contributed by atoms with Crippen molar-refractivity contribution in [1.82, 2.24) is 10.2 Å². The molecule has 0 amide bonds. The lowest BCUT2D eigenvalue weighted by Crippen LogP contribution is -2.44. The number of nitrogens with one attached hydrogen (secondary N) is 1. The van der Waals surface area contributed by atoms with Gasteiger partial charge in [-0.25, -0.2) is 8.42 Å². The third-order valence-electron chi connectivity index (χ3n) is 3.58. The maximum Gasteiger partial charge on any atom is 0.148 e. The first-order valence-corrected chi connectivity index (χ1v) is 8.51. The van der Waals surface area contributed by atoms with Crippen LogP contribution in [0.1, 0.15) is 27.2 Å². The Morgan fingerprint density at radius 1 is 1.41 bits per heavy atom. The summed E-state index contributed by atoms with van der Waals surface area (Å²) in [5.41, 5.74) is 0. The SMILES string of the molecule is CC(C)C1CN(CCS(C)(=O)=O)C(C)CCN1. The topological polar surface area (TPSA) is 49.4 Å². The van der Waals surface area contributed by atoms with E-state index in [1.54, 1.807) is 0 Å². The lowest BCUT2D eigenvalue weighted by atomic mass is 10.0. The molecule has 1 rings (SSSR count). The molecule has 0 spiro atoms. The fraction of sp³-hybridized carbons (Fsp3) is 1.00. The minimum atomic E-state index is -2.86. The summed E-state index contributed by atoms with van der Waals surface area (Å²) in [6.07, 6.45) is 2.40. The second-order valence-corrected chi connectivity index (χ2v) is 7.83. The third-order valence-corrected chi connectivity index (χ3v) is 4.50. The molecule has 4 nitrogen and oxygen atoms in total. The van der Waals surface area contributed by atoms with Crippen molar-refractivity contribution in [3.8, 4) is 0 Å². The van der Waals surface area contributed by atoms with Crippen LogP contribution in [0, 0.1) is 5.92 Å². The van der Waals surface area contributed by atoms with E-state index in [1.165, 1.54) is 6.26 Å². The molecule has 0 bridgehead atoms. The van der Waals surface area contributed by atoms with Gasteiger partial charge in [-0.05, 0) is 25.8 Å². The summed E-state index contributed by atoms with van der Waals surface area (Å²) < 4.78 is 22.5. The highest BCUT2D eigenvalue weighted by molar-refractivity contribution is 7.90. The second-order valence-electron chi connectivity index (χ2n) is 5.57. The Morgan fingerprint density at radius 2 is 2.06 bits per heavy atom. The van der Waals surface area contributed by atoms with Gasteiger partial charge in [-0.2, -0.15) is 0 Å². The van der Waals surface area contributed by atoms with Gasteiger partial charge in [0.2, 0.25) is 0 Å². The summed E-state index contributed by atoms with van der Waals surface area (Å²) in [6, 6.07) is 0.938. The van der Waals surface area contributed by atoms with E-state index in [0.29, 0.717) is 24.5 Å². The van der Waals surface area contributed by atoms with E-state index < -0.39 is 9.84 Å². The number of nitrogens with zero attached hydrogens (tertiary/aromatic N) is 1. The van der Waals surface area contributed by atoms with Gasteiger partial charge in [0.25, 0.3) is 0 Å². The highest BCUT2D eigenvalue weighted by Gasteiger charge is 2.24. The molecule has 1 fully saturated rings. The van der Waals surface area contributed by atoms with Gasteiger partial charge < -0.3 is 5.32 Å². The molecule has 0 aromatic carbocycles. The quantitative estimate of drug-likeness (QED) is 0.812. The van der Waals surface area contributed by atoms with E-state index in [1.807, 2.05) is 0 Å².